The summed E-state index contributed by atoms with van der Waals surface area (Å²) in [4.78, 5) is 32.3. The number of aromatic nitrogens is 6. The number of rotatable bonds is 7. The second kappa shape index (κ2) is 10.5. The van der Waals surface area contributed by atoms with Crippen molar-refractivity contribution in [3.05, 3.63) is 70.9 Å². The molecular formula is C26H27F3N8O2. The van der Waals surface area contributed by atoms with Crippen molar-refractivity contribution in [1.29, 1.82) is 0 Å². The molecule has 1 aliphatic rings. The molecule has 4 aromatic heterocycles. The zero-order valence-corrected chi connectivity index (χ0v) is 21.4. The summed E-state index contributed by atoms with van der Waals surface area (Å²) < 4.78 is 48.9. The van der Waals surface area contributed by atoms with Crippen LogP contribution in [0.3, 0.4) is 0 Å². The predicted molar refractivity (Wildman–Crippen MR) is 140 cm³/mol. The number of hydrogen-bond donors (Lipinski definition) is 1. The summed E-state index contributed by atoms with van der Waals surface area (Å²) in [5, 5.41) is 3.02. The summed E-state index contributed by atoms with van der Waals surface area (Å²) in [7, 11) is 2.07. The molecule has 39 heavy (non-hydrogen) atoms. The molecule has 0 spiro atoms. The van der Waals surface area contributed by atoms with E-state index in [1.54, 1.807) is 24.3 Å². The maximum atomic E-state index is 13.3. The lowest BCUT2D eigenvalue weighted by Gasteiger charge is -2.29. The van der Waals surface area contributed by atoms with Crippen molar-refractivity contribution >= 4 is 22.7 Å². The third-order valence-corrected chi connectivity index (χ3v) is 6.36. The average molecular weight is 541 g/mol. The second-order valence-electron chi connectivity index (χ2n) is 9.38. The van der Waals surface area contributed by atoms with Crippen molar-refractivity contribution in [3.63, 3.8) is 0 Å². The first-order chi connectivity index (χ1) is 18.6. The second-order valence-corrected chi connectivity index (χ2v) is 9.38. The monoisotopic (exact) mass is 540 g/mol. The van der Waals surface area contributed by atoms with E-state index in [9.17, 15) is 18.0 Å². The van der Waals surface area contributed by atoms with Crippen LogP contribution >= 0.6 is 0 Å². The molecular weight excluding hydrogens is 513 g/mol. The number of allylic oxidation sites excluding steroid dienone is 1. The Balaban J connectivity index is 1.54. The molecule has 0 saturated carbocycles. The van der Waals surface area contributed by atoms with E-state index in [2.05, 4.69) is 43.8 Å². The predicted octanol–water partition coefficient (Wildman–Crippen LogP) is 4.10. The lowest BCUT2D eigenvalue weighted by Crippen LogP contribution is -2.35. The summed E-state index contributed by atoms with van der Waals surface area (Å²) in [6, 6.07) is 7.58. The van der Waals surface area contributed by atoms with Crippen LogP contribution in [-0.4, -0.2) is 60.4 Å². The lowest BCUT2D eigenvalue weighted by atomic mass is 10.1. The van der Waals surface area contributed by atoms with E-state index >= 15 is 0 Å². The largest absolute Gasteiger partial charge is 0.474 e. The number of likely N-dealkylation sites (tertiary alicyclic amines) is 1. The van der Waals surface area contributed by atoms with E-state index in [1.165, 1.54) is 28.6 Å². The Hall–Kier alpha value is -4.26. The third kappa shape index (κ3) is 5.62. The number of aryl methyl sites for hydroxylation is 1. The Morgan fingerprint density at radius 3 is 2.67 bits per heavy atom. The topological polar surface area (TPSA) is 103 Å². The molecule has 0 atom stereocenters. The summed E-state index contributed by atoms with van der Waals surface area (Å²) in [6.45, 7) is 7.23. The molecule has 1 N–H and O–H groups in total. The van der Waals surface area contributed by atoms with Gasteiger partial charge in [-0.2, -0.15) is 23.1 Å². The number of fused-ring (bicyclic) bond motifs is 1. The lowest BCUT2D eigenvalue weighted by molar-refractivity contribution is -0.141. The molecule has 0 bridgehead atoms. The smallest absolute Gasteiger partial charge is 0.433 e. The van der Waals surface area contributed by atoms with Crippen molar-refractivity contribution in [2.45, 2.75) is 38.6 Å². The molecule has 0 unspecified atom stereocenters. The van der Waals surface area contributed by atoms with E-state index in [1.807, 2.05) is 0 Å². The van der Waals surface area contributed by atoms with Gasteiger partial charge in [-0.3, -0.25) is 4.79 Å². The van der Waals surface area contributed by atoms with Crippen LogP contribution in [0.2, 0.25) is 0 Å². The first kappa shape index (κ1) is 26.4. The molecule has 13 heteroatoms. The number of anilines is 2. The van der Waals surface area contributed by atoms with E-state index in [4.69, 9.17) is 4.74 Å². The Labute approximate surface area is 221 Å². The van der Waals surface area contributed by atoms with Crippen LogP contribution in [0.4, 0.5) is 24.8 Å². The van der Waals surface area contributed by atoms with Crippen LogP contribution in [-0.2, 0) is 12.7 Å². The van der Waals surface area contributed by atoms with Gasteiger partial charge in [0.15, 0.2) is 11.5 Å². The average Bonchev–Trinajstić information content (AvgIpc) is 3.15. The summed E-state index contributed by atoms with van der Waals surface area (Å²) in [5.41, 5.74) is -0.886. The van der Waals surface area contributed by atoms with Crippen molar-refractivity contribution in [2.24, 2.45) is 0 Å². The Bertz CT molecular complexity index is 1570. The molecule has 5 rings (SSSR count). The highest BCUT2D eigenvalue weighted by Gasteiger charge is 2.33. The Morgan fingerprint density at radius 2 is 1.95 bits per heavy atom. The molecule has 0 amide bonds. The highest BCUT2D eigenvalue weighted by atomic mass is 19.4. The van der Waals surface area contributed by atoms with Gasteiger partial charge in [0.05, 0.1) is 6.54 Å². The van der Waals surface area contributed by atoms with Crippen molar-refractivity contribution < 1.29 is 17.9 Å². The summed E-state index contributed by atoms with van der Waals surface area (Å²) in [5.74, 6) is 0.809. The third-order valence-electron chi connectivity index (χ3n) is 6.36. The van der Waals surface area contributed by atoms with Crippen LogP contribution in [0.15, 0.2) is 54.0 Å². The molecule has 1 fully saturated rings. The minimum Gasteiger partial charge on any atom is -0.474 e. The van der Waals surface area contributed by atoms with Gasteiger partial charge in [-0.1, -0.05) is 12.1 Å². The fourth-order valence-corrected chi connectivity index (χ4v) is 4.48. The van der Waals surface area contributed by atoms with Crippen LogP contribution < -0.4 is 15.6 Å². The molecule has 1 aliphatic heterocycles. The van der Waals surface area contributed by atoms with Crippen molar-refractivity contribution in [3.8, 4) is 11.7 Å². The highest BCUT2D eigenvalue weighted by molar-refractivity contribution is 5.77. The molecule has 0 radical (unpaired) electrons. The summed E-state index contributed by atoms with van der Waals surface area (Å²) >= 11 is 0. The van der Waals surface area contributed by atoms with E-state index in [0.717, 1.165) is 32.0 Å². The molecule has 1 saturated heterocycles. The van der Waals surface area contributed by atoms with Crippen LogP contribution in [0, 0.1) is 6.92 Å². The van der Waals surface area contributed by atoms with Gasteiger partial charge in [-0.05, 0) is 45.0 Å². The van der Waals surface area contributed by atoms with Gasteiger partial charge in [0, 0.05) is 36.7 Å². The number of pyridine rings is 2. The van der Waals surface area contributed by atoms with E-state index in [0.29, 0.717) is 11.7 Å². The van der Waals surface area contributed by atoms with Gasteiger partial charge in [-0.25, -0.2) is 19.3 Å². The molecule has 0 aromatic carbocycles. The minimum atomic E-state index is -4.61. The molecule has 4 aromatic rings. The quantitative estimate of drug-likeness (QED) is 0.350. The molecule has 0 aliphatic carbocycles. The van der Waals surface area contributed by atoms with E-state index < -0.39 is 11.9 Å². The Kier molecular flexibility index (Phi) is 7.08. The molecule has 204 valence electrons. The van der Waals surface area contributed by atoms with Crippen LogP contribution in [0.25, 0.3) is 16.9 Å². The normalized spacial score (nSPS) is 15.0. The fourth-order valence-electron chi connectivity index (χ4n) is 4.48. The number of nitrogens with one attached hydrogen (secondary N) is 1. The van der Waals surface area contributed by atoms with Gasteiger partial charge in [0.25, 0.3) is 5.56 Å². The van der Waals surface area contributed by atoms with Gasteiger partial charge in [0.2, 0.25) is 11.8 Å². The SMILES string of the molecule is C=CCn1c(=O)c2cnc(Nc3cc(C)nc(C(F)(F)F)c3)nc2n1-c1cccc(OC2CCN(C)CC2)n1. The zero-order valence-electron chi connectivity index (χ0n) is 21.4. The standard InChI is InChI=1S/C26H27F3N8O2/c1-4-10-36-24(38)19-15-30-25(32-17-13-16(2)31-20(14-17)26(27,28)29)34-23(19)37(36)21-6-5-7-22(33-21)39-18-8-11-35(3)12-9-18/h4-7,13-15,18H,1,8-12H2,2-3H3,(H,30,31,32,34). The van der Waals surface area contributed by atoms with Crippen LogP contribution in [0.5, 0.6) is 5.88 Å². The summed E-state index contributed by atoms with van der Waals surface area (Å²) in [6.07, 6.45) is 0.0823. The molecule has 5 heterocycles. The maximum absolute atomic E-state index is 13.3. The number of hydrogen-bond acceptors (Lipinski definition) is 8. The molecule has 10 nitrogen and oxygen atoms in total. The number of nitrogens with zero attached hydrogens (tertiary/aromatic N) is 7. The van der Waals surface area contributed by atoms with Crippen molar-refractivity contribution in [2.75, 3.05) is 25.5 Å². The number of halogens is 3. The highest BCUT2D eigenvalue weighted by Crippen LogP contribution is 2.30. The first-order valence-corrected chi connectivity index (χ1v) is 12.4. The fraction of sp³-hybridized carbons (Fsp3) is 0.346. The van der Waals surface area contributed by atoms with E-state index in [-0.39, 0.29) is 46.6 Å². The van der Waals surface area contributed by atoms with Crippen molar-refractivity contribution in [1.82, 2.24) is 34.2 Å². The first-order valence-electron chi connectivity index (χ1n) is 12.4. The number of alkyl halides is 3. The number of ether oxygens (including phenoxy) is 1. The Morgan fingerprint density at radius 1 is 1.18 bits per heavy atom. The minimum absolute atomic E-state index is 0.00413. The number of piperidine rings is 1. The van der Waals surface area contributed by atoms with Gasteiger partial charge in [0.1, 0.15) is 17.2 Å². The maximum Gasteiger partial charge on any atom is 0.433 e. The van der Waals surface area contributed by atoms with Crippen LogP contribution in [0.1, 0.15) is 24.2 Å². The van der Waals surface area contributed by atoms with Gasteiger partial charge >= 0.3 is 6.18 Å². The van der Waals surface area contributed by atoms with Gasteiger partial charge < -0.3 is 15.0 Å². The van der Waals surface area contributed by atoms with Gasteiger partial charge in [-0.15, -0.1) is 6.58 Å². The zero-order chi connectivity index (χ0) is 27.7.